The number of hydrogen-bond acceptors (Lipinski definition) is 2. The van der Waals surface area contributed by atoms with Crippen molar-refractivity contribution in [3.05, 3.63) is 35.4 Å². The second kappa shape index (κ2) is 4.39. The molecule has 0 bridgehead atoms. The summed E-state index contributed by atoms with van der Waals surface area (Å²) in [6.07, 6.45) is 2.62. The van der Waals surface area contributed by atoms with Gasteiger partial charge >= 0.3 is 5.97 Å². The summed E-state index contributed by atoms with van der Waals surface area (Å²) in [4.78, 5) is 10.4. The predicted molar refractivity (Wildman–Crippen MR) is 66.2 cm³/mol. The highest BCUT2D eigenvalue weighted by Gasteiger charge is 2.14. The Kier molecular flexibility index (Phi) is 3.38. The van der Waals surface area contributed by atoms with E-state index in [9.17, 15) is 4.79 Å². The zero-order valence-electron chi connectivity index (χ0n) is 9.82. The van der Waals surface area contributed by atoms with Gasteiger partial charge in [0.2, 0.25) is 0 Å². The van der Waals surface area contributed by atoms with Crippen LogP contribution in [-0.2, 0) is 10.2 Å². The summed E-state index contributed by atoms with van der Waals surface area (Å²) in [6, 6.07) is 5.70. The molecule has 86 valence electrons. The molecule has 0 heterocycles. The Labute approximate surface area is 95.6 Å². The van der Waals surface area contributed by atoms with Gasteiger partial charge in [-0.15, -0.1) is 0 Å². The first kappa shape index (κ1) is 12.3. The molecule has 0 unspecified atom stereocenters. The number of aliphatic carboxylic acids is 1. The SMILES string of the molecule is CC(C)(C)c1ccc(N)c(C=CC(=O)O)c1. The largest absolute Gasteiger partial charge is 0.478 e. The van der Waals surface area contributed by atoms with E-state index in [-0.39, 0.29) is 5.41 Å². The van der Waals surface area contributed by atoms with Gasteiger partial charge in [-0.1, -0.05) is 26.8 Å². The highest BCUT2D eigenvalue weighted by molar-refractivity contribution is 5.86. The Morgan fingerprint density at radius 3 is 2.50 bits per heavy atom. The molecule has 1 aromatic rings. The summed E-state index contributed by atoms with van der Waals surface area (Å²) < 4.78 is 0. The number of carbonyl (C=O) groups is 1. The number of carboxylic acids is 1. The van der Waals surface area contributed by atoms with Crippen LogP contribution < -0.4 is 5.73 Å². The van der Waals surface area contributed by atoms with Crippen molar-refractivity contribution >= 4 is 17.7 Å². The molecule has 3 heteroatoms. The van der Waals surface area contributed by atoms with Gasteiger partial charge < -0.3 is 10.8 Å². The lowest BCUT2D eigenvalue weighted by atomic mass is 9.86. The number of benzene rings is 1. The maximum absolute atomic E-state index is 10.4. The molecule has 1 rings (SSSR count). The van der Waals surface area contributed by atoms with Gasteiger partial charge in [0.25, 0.3) is 0 Å². The molecule has 0 saturated heterocycles. The average molecular weight is 219 g/mol. The van der Waals surface area contributed by atoms with Gasteiger partial charge in [0.1, 0.15) is 0 Å². The Bertz CT molecular complexity index is 428. The summed E-state index contributed by atoms with van der Waals surface area (Å²) in [7, 11) is 0. The maximum atomic E-state index is 10.4. The van der Waals surface area contributed by atoms with E-state index in [4.69, 9.17) is 10.8 Å². The molecule has 1 aromatic carbocycles. The first-order chi connectivity index (χ1) is 7.30. The van der Waals surface area contributed by atoms with Crippen molar-refractivity contribution in [3.63, 3.8) is 0 Å². The molecular weight excluding hydrogens is 202 g/mol. The van der Waals surface area contributed by atoms with Crippen molar-refractivity contribution in [3.8, 4) is 0 Å². The topological polar surface area (TPSA) is 63.3 Å². The minimum absolute atomic E-state index is 0.0273. The van der Waals surface area contributed by atoms with E-state index in [1.807, 2.05) is 18.2 Å². The number of nitrogen functional groups attached to an aromatic ring is 1. The van der Waals surface area contributed by atoms with Crippen molar-refractivity contribution < 1.29 is 9.90 Å². The third-order valence-corrected chi connectivity index (χ3v) is 2.36. The molecule has 0 saturated carbocycles. The van der Waals surface area contributed by atoms with Gasteiger partial charge in [-0.05, 0) is 34.8 Å². The summed E-state index contributed by atoms with van der Waals surface area (Å²) in [5.41, 5.74) is 8.27. The van der Waals surface area contributed by atoms with Crippen LogP contribution in [0.1, 0.15) is 31.9 Å². The Hall–Kier alpha value is -1.77. The van der Waals surface area contributed by atoms with Crippen molar-refractivity contribution in [2.75, 3.05) is 5.73 Å². The summed E-state index contributed by atoms with van der Waals surface area (Å²) in [5.74, 6) is -0.972. The third kappa shape index (κ3) is 3.12. The second-order valence-corrected chi connectivity index (χ2v) is 4.77. The molecule has 0 aromatic heterocycles. The van der Waals surface area contributed by atoms with E-state index in [0.717, 1.165) is 17.2 Å². The molecule has 0 amide bonds. The Morgan fingerprint density at radius 1 is 1.38 bits per heavy atom. The standard InChI is InChI=1S/C13H17NO2/c1-13(2,3)10-5-6-11(14)9(8-10)4-7-12(15)16/h4-8H,14H2,1-3H3,(H,15,16). The zero-order valence-corrected chi connectivity index (χ0v) is 9.82. The van der Waals surface area contributed by atoms with Gasteiger partial charge in [-0.3, -0.25) is 0 Å². The lowest BCUT2D eigenvalue weighted by molar-refractivity contribution is -0.131. The molecule has 0 fully saturated rings. The molecule has 3 N–H and O–H groups in total. The van der Waals surface area contributed by atoms with Crippen LogP contribution in [0, 0.1) is 0 Å². The van der Waals surface area contributed by atoms with E-state index in [0.29, 0.717) is 5.69 Å². The Morgan fingerprint density at radius 2 is 2.00 bits per heavy atom. The molecule has 0 spiro atoms. The summed E-state index contributed by atoms with van der Waals surface area (Å²) in [6.45, 7) is 6.30. The number of nitrogens with two attached hydrogens (primary N) is 1. The van der Waals surface area contributed by atoms with Crippen LogP contribution in [0.5, 0.6) is 0 Å². The van der Waals surface area contributed by atoms with Gasteiger partial charge in [0, 0.05) is 11.8 Å². The number of anilines is 1. The fraction of sp³-hybridized carbons (Fsp3) is 0.308. The average Bonchev–Trinajstić information content (AvgIpc) is 2.14. The third-order valence-electron chi connectivity index (χ3n) is 2.36. The minimum Gasteiger partial charge on any atom is -0.478 e. The molecule has 16 heavy (non-hydrogen) atoms. The smallest absolute Gasteiger partial charge is 0.328 e. The lowest BCUT2D eigenvalue weighted by Gasteiger charge is -2.20. The molecule has 0 radical (unpaired) electrons. The highest BCUT2D eigenvalue weighted by Crippen LogP contribution is 2.26. The zero-order chi connectivity index (χ0) is 12.3. The van der Waals surface area contributed by atoms with E-state index in [1.54, 1.807) is 0 Å². The van der Waals surface area contributed by atoms with E-state index >= 15 is 0 Å². The van der Waals surface area contributed by atoms with Crippen LogP contribution in [0.3, 0.4) is 0 Å². The number of hydrogen-bond donors (Lipinski definition) is 2. The summed E-state index contributed by atoms with van der Waals surface area (Å²) >= 11 is 0. The van der Waals surface area contributed by atoms with Crippen LogP contribution in [-0.4, -0.2) is 11.1 Å². The fourth-order valence-electron chi connectivity index (χ4n) is 1.35. The molecule has 0 aliphatic heterocycles. The van der Waals surface area contributed by atoms with Crippen molar-refractivity contribution in [2.24, 2.45) is 0 Å². The second-order valence-electron chi connectivity index (χ2n) is 4.77. The normalized spacial score (nSPS) is 11.9. The van der Waals surface area contributed by atoms with Crippen LogP contribution in [0.4, 0.5) is 5.69 Å². The molecule has 0 aliphatic rings. The van der Waals surface area contributed by atoms with Crippen molar-refractivity contribution in [1.82, 2.24) is 0 Å². The van der Waals surface area contributed by atoms with Gasteiger partial charge in [0.05, 0.1) is 0 Å². The van der Waals surface area contributed by atoms with E-state index < -0.39 is 5.97 Å². The van der Waals surface area contributed by atoms with E-state index in [2.05, 4.69) is 20.8 Å². The van der Waals surface area contributed by atoms with Crippen LogP contribution in [0.15, 0.2) is 24.3 Å². The monoisotopic (exact) mass is 219 g/mol. The molecular formula is C13H17NO2. The van der Waals surface area contributed by atoms with Crippen LogP contribution >= 0.6 is 0 Å². The molecule has 3 nitrogen and oxygen atoms in total. The number of carboxylic acid groups (broad SMARTS) is 1. The van der Waals surface area contributed by atoms with Gasteiger partial charge in [0.15, 0.2) is 0 Å². The molecule has 0 aliphatic carbocycles. The quantitative estimate of drug-likeness (QED) is 0.593. The fourth-order valence-corrected chi connectivity index (χ4v) is 1.35. The first-order valence-electron chi connectivity index (χ1n) is 5.12. The molecule has 0 atom stereocenters. The van der Waals surface area contributed by atoms with E-state index in [1.165, 1.54) is 6.08 Å². The minimum atomic E-state index is -0.972. The van der Waals surface area contributed by atoms with Crippen molar-refractivity contribution in [1.29, 1.82) is 0 Å². The van der Waals surface area contributed by atoms with Crippen molar-refractivity contribution in [2.45, 2.75) is 26.2 Å². The lowest BCUT2D eigenvalue weighted by Crippen LogP contribution is -2.11. The van der Waals surface area contributed by atoms with Gasteiger partial charge in [-0.2, -0.15) is 0 Å². The highest BCUT2D eigenvalue weighted by atomic mass is 16.4. The first-order valence-corrected chi connectivity index (χ1v) is 5.12. The predicted octanol–water partition coefficient (Wildman–Crippen LogP) is 2.66. The van der Waals surface area contributed by atoms with Crippen LogP contribution in [0.2, 0.25) is 0 Å². The van der Waals surface area contributed by atoms with Gasteiger partial charge in [-0.25, -0.2) is 4.79 Å². The number of rotatable bonds is 2. The summed E-state index contributed by atoms with van der Waals surface area (Å²) in [5, 5.41) is 8.57. The maximum Gasteiger partial charge on any atom is 0.328 e. The Balaban J connectivity index is 3.14. The van der Waals surface area contributed by atoms with Crippen LogP contribution in [0.25, 0.3) is 6.08 Å².